The van der Waals surface area contributed by atoms with Gasteiger partial charge in [-0.3, -0.25) is 9.00 Å². The van der Waals surface area contributed by atoms with Crippen LogP contribution < -0.4 is 5.32 Å². The second-order valence-corrected chi connectivity index (χ2v) is 6.27. The van der Waals surface area contributed by atoms with Gasteiger partial charge in [-0.2, -0.15) is 0 Å². The topological polar surface area (TPSA) is 66.4 Å². The fourth-order valence-corrected chi connectivity index (χ4v) is 2.55. The normalized spacial score (nSPS) is 11.9. The molecule has 0 spiro atoms. The number of aromatic hydroxyl groups is 1. The first-order chi connectivity index (χ1) is 9.95. The number of nitrogens with one attached hydrogen (secondary N) is 1. The van der Waals surface area contributed by atoms with Crippen molar-refractivity contribution in [2.24, 2.45) is 0 Å². The molecule has 0 unspecified atom stereocenters. The highest BCUT2D eigenvalue weighted by Crippen LogP contribution is 2.22. The molecule has 2 N–H and O–H groups in total. The van der Waals surface area contributed by atoms with Crippen LogP contribution in [-0.4, -0.2) is 21.5 Å². The first-order valence-corrected chi connectivity index (χ1v) is 8.10. The van der Waals surface area contributed by atoms with Crippen molar-refractivity contribution in [3.8, 4) is 5.75 Å². The average molecular weight is 324 g/mol. The number of phenolic OH excluding ortho intramolecular Hbond substituents is 1. The molecule has 0 aliphatic rings. The number of hydrogen-bond acceptors (Lipinski definition) is 3. The Hall–Kier alpha value is -1.85. The van der Waals surface area contributed by atoms with E-state index in [1.807, 2.05) is 0 Å². The molecule has 21 heavy (non-hydrogen) atoms. The smallest absolute Gasteiger partial charge is 0.228 e. The number of benzene rings is 2. The SMILES string of the molecule is C[S@@](=O)c1ccc(NC(=O)Cc2ccc(O)cc2Cl)cc1. The molecule has 0 aliphatic heterocycles. The van der Waals surface area contributed by atoms with Gasteiger partial charge in [0.1, 0.15) is 5.75 Å². The molecule has 0 fully saturated rings. The van der Waals surface area contributed by atoms with E-state index < -0.39 is 10.8 Å². The van der Waals surface area contributed by atoms with Gasteiger partial charge in [0.2, 0.25) is 5.91 Å². The van der Waals surface area contributed by atoms with Crippen molar-refractivity contribution in [2.45, 2.75) is 11.3 Å². The molecule has 0 saturated carbocycles. The summed E-state index contributed by atoms with van der Waals surface area (Å²) in [5, 5.41) is 12.4. The Kier molecular flexibility index (Phi) is 4.98. The molecule has 0 aliphatic carbocycles. The second-order valence-electron chi connectivity index (χ2n) is 4.48. The van der Waals surface area contributed by atoms with E-state index in [1.165, 1.54) is 12.1 Å². The summed E-state index contributed by atoms with van der Waals surface area (Å²) in [6.45, 7) is 0. The Morgan fingerprint density at radius 2 is 1.90 bits per heavy atom. The van der Waals surface area contributed by atoms with Crippen LogP contribution in [0.5, 0.6) is 5.75 Å². The van der Waals surface area contributed by atoms with Crippen molar-refractivity contribution >= 4 is 34.0 Å². The van der Waals surface area contributed by atoms with Crippen molar-refractivity contribution in [1.29, 1.82) is 0 Å². The van der Waals surface area contributed by atoms with Crippen molar-refractivity contribution < 1.29 is 14.1 Å². The van der Waals surface area contributed by atoms with E-state index in [0.29, 0.717) is 21.2 Å². The first-order valence-electron chi connectivity index (χ1n) is 6.16. The van der Waals surface area contributed by atoms with Crippen LogP contribution in [0.3, 0.4) is 0 Å². The molecule has 110 valence electrons. The summed E-state index contributed by atoms with van der Waals surface area (Å²) in [6.07, 6.45) is 1.71. The maximum absolute atomic E-state index is 11.9. The molecule has 2 rings (SSSR count). The van der Waals surface area contributed by atoms with Gasteiger partial charge in [-0.25, -0.2) is 0 Å². The predicted molar refractivity (Wildman–Crippen MR) is 84.2 cm³/mol. The van der Waals surface area contributed by atoms with Gasteiger partial charge >= 0.3 is 0 Å². The maximum Gasteiger partial charge on any atom is 0.228 e. The zero-order valence-electron chi connectivity index (χ0n) is 11.3. The minimum absolute atomic E-state index is 0.0623. The van der Waals surface area contributed by atoms with Crippen LogP contribution in [0.1, 0.15) is 5.56 Å². The second kappa shape index (κ2) is 6.74. The van der Waals surface area contributed by atoms with Gasteiger partial charge in [-0.1, -0.05) is 17.7 Å². The molecule has 1 amide bonds. The highest BCUT2D eigenvalue weighted by atomic mass is 35.5. The van der Waals surface area contributed by atoms with Gasteiger partial charge in [0.15, 0.2) is 0 Å². The van der Waals surface area contributed by atoms with Crippen molar-refractivity contribution in [3.05, 3.63) is 53.1 Å². The van der Waals surface area contributed by atoms with Crippen LogP contribution in [0.15, 0.2) is 47.4 Å². The zero-order valence-corrected chi connectivity index (χ0v) is 12.9. The summed E-state index contributed by atoms with van der Waals surface area (Å²) in [5.74, 6) is -0.153. The number of hydrogen-bond donors (Lipinski definition) is 2. The lowest BCUT2D eigenvalue weighted by Crippen LogP contribution is -2.14. The molecule has 0 radical (unpaired) electrons. The van der Waals surface area contributed by atoms with E-state index in [1.54, 1.807) is 36.6 Å². The molecular weight excluding hydrogens is 310 g/mol. The third-order valence-electron chi connectivity index (χ3n) is 2.86. The summed E-state index contributed by atoms with van der Waals surface area (Å²) in [7, 11) is -1.04. The molecule has 0 aromatic heterocycles. The van der Waals surface area contributed by atoms with Gasteiger partial charge in [0, 0.05) is 32.7 Å². The van der Waals surface area contributed by atoms with Crippen LogP contribution in [0.4, 0.5) is 5.69 Å². The van der Waals surface area contributed by atoms with Crippen molar-refractivity contribution in [1.82, 2.24) is 0 Å². The summed E-state index contributed by atoms with van der Waals surface area (Å²) in [6, 6.07) is 11.3. The summed E-state index contributed by atoms with van der Waals surface area (Å²) >= 11 is 5.96. The molecular formula is C15H14ClNO3S. The number of halogens is 1. The van der Waals surface area contributed by atoms with Crippen molar-refractivity contribution in [3.63, 3.8) is 0 Å². The fourth-order valence-electron chi connectivity index (χ4n) is 1.79. The highest BCUT2D eigenvalue weighted by Gasteiger charge is 2.08. The van der Waals surface area contributed by atoms with Crippen LogP contribution >= 0.6 is 11.6 Å². The Balaban J connectivity index is 2.02. The Morgan fingerprint density at radius 1 is 1.24 bits per heavy atom. The number of rotatable bonds is 4. The van der Waals surface area contributed by atoms with Crippen LogP contribution in [-0.2, 0) is 22.0 Å². The number of amides is 1. The molecule has 6 heteroatoms. The monoisotopic (exact) mass is 323 g/mol. The zero-order chi connectivity index (χ0) is 15.4. The Bertz CT molecular complexity index is 686. The molecule has 0 bridgehead atoms. The van der Waals surface area contributed by atoms with Gasteiger partial charge in [-0.15, -0.1) is 0 Å². The van der Waals surface area contributed by atoms with Crippen LogP contribution in [0, 0.1) is 0 Å². The van der Waals surface area contributed by atoms with E-state index in [-0.39, 0.29) is 18.1 Å². The third-order valence-corrected chi connectivity index (χ3v) is 4.15. The average Bonchev–Trinajstić information content (AvgIpc) is 2.42. The van der Waals surface area contributed by atoms with Crippen molar-refractivity contribution in [2.75, 3.05) is 11.6 Å². The summed E-state index contributed by atoms with van der Waals surface area (Å²) < 4.78 is 11.3. The van der Waals surface area contributed by atoms with E-state index in [4.69, 9.17) is 11.6 Å². The lowest BCUT2D eigenvalue weighted by Gasteiger charge is -2.07. The Morgan fingerprint density at radius 3 is 2.48 bits per heavy atom. The van der Waals surface area contributed by atoms with E-state index in [2.05, 4.69) is 5.32 Å². The van der Waals surface area contributed by atoms with Gasteiger partial charge < -0.3 is 10.4 Å². The largest absolute Gasteiger partial charge is 0.508 e. The molecule has 1 atom stereocenters. The molecule has 4 nitrogen and oxygen atoms in total. The van der Waals surface area contributed by atoms with Gasteiger partial charge in [0.25, 0.3) is 0 Å². The van der Waals surface area contributed by atoms with Crippen LogP contribution in [0.25, 0.3) is 0 Å². The molecule has 2 aromatic rings. The summed E-state index contributed by atoms with van der Waals surface area (Å²) in [5.41, 5.74) is 1.27. The number of anilines is 1. The van der Waals surface area contributed by atoms with Crippen LogP contribution in [0.2, 0.25) is 5.02 Å². The highest BCUT2D eigenvalue weighted by molar-refractivity contribution is 7.84. The van der Waals surface area contributed by atoms with E-state index >= 15 is 0 Å². The molecule has 0 heterocycles. The molecule has 0 saturated heterocycles. The maximum atomic E-state index is 11.9. The quantitative estimate of drug-likeness (QED) is 0.909. The van der Waals surface area contributed by atoms with E-state index in [0.717, 1.165) is 0 Å². The lowest BCUT2D eigenvalue weighted by molar-refractivity contribution is -0.115. The Labute approximate surface area is 130 Å². The lowest BCUT2D eigenvalue weighted by atomic mass is 10.1. The number of carbonyl (C=O) groups is 1. The first kappa shape index (κ1) is 15.5. The fraction of sp³-hybridized carbons (Fsp3) is 0.133. The molecule has 2 aromatic carbocycles. The minimum atomic E-state index is -1.04. The van der Waals surface area contributed by atoms with Gasteiger partial charge in [0.05, 0.1) is 6.42 Å². The third kappa shape index (κ3) is 4.31. The van der Waals surface area contributed by atoms with Gasteiger partial charge in [-0.05, 0) is 42.0 Å². The number of phenols is 1. The minimum Gasteiger partial charge on any atom is -0.508 e. The summed E-state index contributed by atoms with van der Waals surface area (Å²) in [4.78, 5) is 12.6. The van der Waals surface area contributed by atoms with E-state index in [9.17, 15) is 14.1 Å². The predicted octanol–water partition coefficient (Wildman–Crippen LogP) is 2.96. The standard InChI is InChI=1S/C15H14ClNO3S/c1-21(20)13-6-3-11(4-7-13)17-15(19)8-10-2-5-12(18)9-14(10)16/h2-7,9,18H,8H2,1H3,(H,17,19)/t21-/m1/s1. The number of carbonyl (C=O) groups excluding carboxylic acids is 1.